The summed E-state index contributed by atoms with van der Waals surface area (Å²) in [6, 6.07) is 1.94. The van der Waals surface area contributed by atoms with E-state index >= 15 is 0 Å². The van der Waals surface area contributed by atoms with Crippen LogP contribution in [-0.2, 0) is 0 Å². The fraction of sp³-hybridized carbons (Fsp3) is 0.286. The van der Waals surface area contributed by atoms with E-state index in [9.17, 15) is 0 Å². The van der Waals surface area contributed by atoms with Crippen LogP contribution in [-0.4, -0.2) is 17.0 Å². The molecule has 1 aromatic rings. The van der Waals surface area contributed by atoms with Crippen molar-refractivity contribution in [3.05, 3.63) is 48.0 Å². The smallest absolute Gasteiger partial charge is 0.130 e. The third kappa shape index (κ3) is 3.87. The molecule has 17 heavy (non-hydrogen) atoms. The van der Waals surface area contributed by atoms with Crippen LogP contribution in [0.2, 0.25) is 0 Å². The maximum atomic E-state index is 4.43. The van der Waals surface area contributed by atoms with Crippen LogP contribution in [0.25, 0.3) is 5.57 Å². The zero-order valence-corrected chi connectivity index (χ0v) is 10.9. The number of aryl methyl sites for hydroxylation is 1. The molecule has 0 aliphatic heterocycles. The van der Waals surface area contributed by atoms with E-state index in [0.717, 1.165) is 28.5 Å². The Morgan fingerprint density at radius 2 is 2.06 bits per heavy atom. The second-order valence-corrected chi connectivity index (χ2v) is 3.86. The van der Waals surface area contributed by atoms with Gasteiger partial charge in [0.25, 0.3) is 0 Å². The van der Waals surface area contributed by atoms with E-state index in [-0.39, 0.29) is 0 Å². The number of hydrogen-bond acceptors (Lipinski definition) is 3. The molecule has 3 heteroatoms. The zero-order valence-electron chi connectivity index (χ0n) is 10.9. The monoisotopic (exact) mass is 229 g/mol. The normalized spacial score (nSPS) is 11.9. The Morgan fingerprint density at radius 1 is 1.35 bits per heavy atom. The molecule has 1 N–H and O–H groups in total. The molecule has 3 nitrogen and oxygen atoms in total. The van der Waals surface area contributed by atoms with E-state index in [1.54, 1.807) is 0 Å². The van der Waals surface area contributed by atoms with Crippen molar-refractivity contribution in [1.29, 1.82) is 0 Å². The molecule has 1 aromatic heterocycles. The molecule has 1 rings (SSSR count). The van der Waals surface area contributed by atoms with E-state index in [4.69, 9.17) is 0 Å². The van der Waals surface area contributed by atoms with Crippen molar-refractivity contribution in [2.75, 3.05) is 12.4 Å². The van der Waals surface area contributed by atoms with Gasteiger partial charge in [0.15, 0.2) is 0 Å². The summed E-state index contributed by atoms with van der Waals surface area (Å²) in [6.45, 7) is 9.70. The first kappa shape index (κ1) is 13.2. The van der Waals surface area contributed by atoms with Crippen LogP contribution < -0.4 is 5.32 Å². The first-order valence-corrected chi connectivity index (χ1v) is 5.60. The second-order valence-electron chi connectivity index (χ2n) is 3.86. The minimum absolute atomic E-state index is 0.759. The summed E-state index contributed by atoms with van der Waals surface area (Å²) in [6.07, 6.45) is 6.02. The molecule has 0 fully saturated rings. The Bertz CT molecular complexity index is 470. The highest BCUT2D eigenvalue weighted by molar-refractivity contribution is 5.73. The van der Waals surface area contributed by atoms with Gasteiger partial charge in [-0.3, -0.25) is 0 Å². The van der Waals surface area contributed by atoms with E-state index in [1.165, 1.54) is 0 Å². The van der Waals surface area contributed by atoms with Gasteiger partial charge in [0.1, 0.15) is 11.6 Å². The third-order valence-corrected chi connectivity index (χ3v) is 2.25. The molecule has 0 aliphatic rings. The molecular formula is C14H19N3. The predicted molar refractivity (Wildman–Crippen MR) is 73.9 cm³/mol. The summed E-state index contributed by atoms with van der Waals surface area (Å²) >= 11 is 0. The van der Waals surface area contributed by atoms with Crippen LogP contribution >= 0.6 is 0 Å². The highest BCUT2D eigenvalue weighted by Gasteiger charge is 2.03. The Morgan fingerprint density at radius 3 is 2.59 bits per heavy atom. The van der Waals surface area contributed by atoms with Gasteiger partial charge in [-0.1, -0.05) is 30.4 Å². The summed E-state index contributed by atoms with van der Waals surface area (Å²) in [5.41, 5.74) is 3.00. The zero-order chi connectivity index (χ0) is 12.8. The number of nitrogens with zero attached hydrogens (tertiary/aromatic N) is 2. The SMILES string of the molecule is C=C(C)/C=C\C(=C/C)c1cc(NC)nc(C)n1. The van der Waals surface area contributed by atoms with Gasteiger partial charge in [-0.2, -0.15) is 0 Å². The number of hydrogen-bond donors (Lipinski definition) is 1. The molecule has 0 atom stereocenters. The van der Waals surface area contributed by atoms with E-state index < -0.39 is 0 Å². The minimum Gasteiger partial charge on any atom is -0.373 e. The van der Waals surface area contributed by atoms with E-state index in [2.05, 4.69) is 21.9 Å². The lowest BCUT2D eigenvalue weighted by Crippen LogP contribution is -1.99. The fourth-order valence-corrected chi connectivity index (χ4v) is 1.41. The molecule has 0 saturated carbocycles. The first-order chi connectivity index (χ1) is 8.06. The van der Waals surface area contributed by atoms with Crippen LogP contribution in [0.4, 0.5) is 5.82 Å². The summed E-state index contributed by atoms with van der Waals surface area (Å²) in [4.78, 5) is 8.70. The Kier molecular flexibility index (Phi) is 4.64. The van der Waals surface area contributed by atoms with Crippen LogP contribution in [0.1, 0.15) is 25.4 Å². The molecular weight excluding hydrogens is 210 g/mol. The molecule has 0 unspecified atom stereocenters. The van der Waals surface area contributed by atoms with E-state index in [0.29, 0.717) is 0 Å². The van der Waals surface area contributed by atoms with Gasteiger partial charge in [-0.05, 0) is 26.3 Å². The molecule has 0 bridgehead atoms. The summed E-state index contributed by atoms with van der Waals surface area (Å²) in [7, 11) is 1.85. The van der Waals surface area contributed by atoms with Crippen LogP contribution in [0.15, 0.2) is 36.4 Å². The van der Waals surface area contributed by atoms with Crippen molar-refractivity contribution in [3.8, 4) is 0 Å². The fourth-order valence-electron chi connectivity index (χ4n) is 1.41. The summed E-state index contributed by atoms with van der Waals surface area (Å²) in [5.74, 6) is 1.59. The number of aromatic nitrogens is 2. The molecule has 0 aromatic carbocycles. The number of anilines is 1. The van der Waals surface area contributed by atoms with Crippen molar-refractivity contribution < 1.29 is 0 Å². The Balaban J connectivity index is 3.12. The van der Waals surface area contributed by atoms with Crippen molar-refractivity contribution in [2.45, 2.75) is 20.8 Å². The van der Waals surface area contributed by atoms with Gasteiger partial charge in [0, 0.05) is 13.1 Å². The van der Waals surface area contributed by atoms with Crippen LogP contribution in [0.5, 0.6) is 0 Å². The molecule has 0 amide bonds. The van der Waals surface area contributed by atoms with Gasteiger partial charge >= 0.3 is 0 Å². The van der Waals surface area contributed by atoms with Crippen LogP contribution in [0, 0.1) is 6.92 Å². The van der Waals surface area contributed by atoms with Crippen molar-refractivity contribution in [3.63, 3.8) is 0 Å². The molecule has 1 heterocycles. The molecule has 0 saturated heterocycles. The van der Waals surface area contributed by atoms with E-state index in [1.807, 2.05) is 52.1 Å². The number of nitrogens with one attached hydrogen (secondary N) is 1. The van der Waals surface area contributed by atoms with Crippen molar-refractivity contribution in [1.82, 2.24) is 9.97 Å². The van der Waals surface area contributed by atoms with Crippen LogP contribution in [0.3, 0.4) is 0 Å². The lowest BCUT2D eigenvalue weighted by atomic mass is 10.1. The predicted octanol–water partition coefficient (Wildman–Crippen LogP) is 3.36. The highest BCUT2D eigenvalue weighted by atomic mass is 15.0. The summed E-state index contributed by atoms with van der Waals surface area (Å²) in [5, 5.41) is 3.03. The minimum atomic E-state index is 0.759. The lowest BCUT2D eigenvalue weighted by Gasteiger charge is -2.06. The molecule has 90 valence electrons. The molecule has 0 aliphatic carbocycles. The number of allylic oxidation sites excluding steroid dienone is 5. The number of rotatable bonds is 4. The largest absolute Gasteiger partial charge is 0.373 e. The van der Waals surface area contributed by atoms with Gasteiger partial charge < -0.3 is 5.32 Å². The van der Waals surface area contributed by atoms with Gasteiger partial charge in [0.2, 0.25) is 0 Å². The molecule has 0 spiro atoms. The first-order valence-electron chi connectivity index (χ1n) is 5.60. The van der Waals surface area contributed by atoms with Crippen molar-refractivity contribution >= 4 is 11.4 Å². The second kappa shape index (κ2) is 5.99. The Hall–Kier alpha value is -1.90. The van der Waals surface area contributed by atoms with Gasteiger partial charge in [-0.25, -0.2) is 9.97 Å². The quantitative estimate of drug-likeness (QED) is 0.804. The maximum Gasteiger partial charge on any atom is 0.130 e. The standard InChI is InChI=1S/C14H19N3/c1-6-12(8-7-10(2)3)13-9-14(15-5)17-11(4)16-13/h6-9H,2H2,1,3-5H3,(H,15,16,17)/b8-7-,12-6+. The highest BCUT2D eigenvalue weighted by Crippen LogP contribution is 2.17. The average Bonchev–Trinajstić information content (AvgIpc) is 2.28. The average molecular weight is 229 g/mol. The van der Waals surface area contributed by atoms with Gasteiger partial charge in [0.05, 0.1) is 5.69 Å². The molecule has 0 radical (unpaired) electrons. The van der Waals surface area contributed by atoms with Gasteiger partial charge in [-0.15, -0.1) is 0 Å². The lowest BCUT2D eigenvalue weighted by molar-refractivity contribution is 1.04. The third-order valence-electron chi connectivity index (χ3n) is 2.25. The summed E-state index contributed by atoms with van der Waals surface area (Å²) < 4.78 is 0. The van der Waals surface area contributed by atoms with Crippen molar-refractivity contribution in [2.24, 2.45) is 0 Å². The topological polar surface area (TPSA) is 37.8 Å². The Labute approximate surface area is 103 Å². The maximum absolute atomic E-state index is 4.43.